The minimum Gasteiger partial charge on any atom is -0.458 e. The van der Waals surface area contributed by atoms with Crippen LogP contribution >= 0.6 is 0 Å². The summed E-state index contributed by atoms with van der Waals surface area (Å²) in [6, 6.07) is 0. The second-order valence-corrected chi connectivity index (χ2v) is 13.4. The number of nitrogen functional groups attached to an aromatic ring is 1. The van der Waals surface area contributed by atoms with Gasteiger partial charge in [-0.1, -0.05) is 41.5 Å². The molecular formula is C33H48N4O5. The molecule has 4 rings (SSSR count). The Labute approximate surface area is 249 Å². The number of carbonyl (C=O) groups excluding carboxylic acids is 3. The zero-order valence-corrected chi connectivity index (χ0v) is 26.6. The number of aliphatic imine (C=N–C) groups is 1. The first-order valence-corrected chi connectivity index (χ1v) is 15.4. The van der Waals surface area contributed by atoms with Crippen molar-refractivity contribution in [2.75, 3.05) is 5.73 Å². The van der Waals surface area contributed by atoms with Crippen molar-refractivity contribution in [1.29, 1.82) is 0 Å². The van der Waals surface area contributed by atoms with Gasteiger partial charge in [0.2, 0.25) is 5.91 Å². The van der Waals surface area contributed by atoms with E-state index in [4.69, 9.17) is 15.2 Å². The van der Waals surface area contributed by atoms with Crippen LogP contribution in [0.5, 0.6) is 0 Å². The number of nitrogens with zero attached hydrogens (tertiary/aromatic N) is 1. The number of carbonyl (C=O) groups is 3. The average Bonchev–Trinajstić information content (AvgIpc) is 3.32. The standard InChI is InChI=1S/C33H48N4O5/c1-15-10-17(3)28(18(4)11-15)41-32(39)26-21(7)24(36-30(26)34)14-25-22(8)27(31(37-25)35-23(9)38)33(40)42-29-19(5)12-16(2)13-20(29)6/h14-20,28-29,36H,10-13,34H2,1-9H3,(H,35,37,38). The minimum absolute atomic E-state index is 0.159. The number of hydrogen-bond donors (Lipinski definition) is 3. The van der Waals surface area contributed by atoms with Gasteiger partial charge in [0.25, 0.3) is 0 Å². The van der Waals surface area contributed by atoms with Gasteiger partial charge in [-0.3, -0.25) is 4.79 Å². The van der Waals surface area contributed by atoms with E-state index < -0.39 is 11.9 Å². The van der Waals surface area contributed by atoms with Gasteiger partial charge >= 0.3 is 11.9 Å². The number of anilines is 1. The van der Waals surface area contributed by atoms with E-state index in [0.29, 0.717) is 39.9 Å². The number of allylic oxidation sites excluding steroid dienone is 1. The molecule has 9 heteroatoms. The number of rotatable bonds is 5. The van der Waals surface area contributed by atoms with Crippen LogP contribution in [0.1, 0.15) is 103 Å². The van der Waals surface area contributed by atoms with E-state index in [0.717, 1.165) is 25.7 Å². The fraction of sp³-hybridized carbons (Fsp3) is 0.636. The summed E-state index contributed by atoms with van der Waals surface area (Å²) in [7, 11) is 0. The fourth-order valence-electron chi connectivity index (χ4n) is 7.61. The molecule has 42 heavy (non-hydrogen) atoms. The highest BCUT2D eigenvalue weighted by Gasteiger charge is 2.38. The van der Waals surface area contributed by atoms with Crippen LogP contribution in [0.15, 0.2) is 21.8 Å². The number of H-pyrrole nitrogens is 1. The number of aromatic amines is 1. The molecule has 2 fully saturated rings. The number of amidine groups is 1. The first-order chi connectivity index (χ1) is 19.7. The Morgan fingerprint density at radius 1 is 0.857 bits per heavy atom. The van der Waals surface area contributed by atoms with Crippen molar-refractivity contribution in [1.82, 2.24) is 10.3 Å². The first kappa shape index (κ1) is 31.6. The summed E-state index contributed by atoms with van der Waals surface area (Å²) in [5.74, 6) is 1.28. The smallest absolute Gasteiger partial charge is 0.342 e. The lowest BCUT2D eigenvalue weighted by molar-refractivity contribution is -0.152. The third kappa shape index (κ3) is 6.50. The van der Waals surface area contributed by atoms with Gasteiger partial charge in [-0.25, -0.2) is 14.6 Å². The van der Waals surface area contributed by atoms with Gasteiger partial charge in [0, 0.05) is 12.6 Å². The summed E-state index contributed by atoms with van der Waals surface area (Å²) in [6.45, 7) is 17.9. The van der Waals surface area contributed by atoms with E-state index in [1.807, 2.05) is 0 Å². The van der Waals surface area contributed by atoms with Crippen molar-refractivity contribution >= 4 is 35.6 Å². The number of hydrogen-bond acceptors (Lipinski definition) is 7. The van der Waals surface area contributed by atoms with Crippen molar-refractivity contribution in [3.63, 3.8) is 0 Å². The van der Waals surface area contributed by atoms with Gasteiger partial charge in [0.05, 0.1) is 5.70 Å². The fourth-order valence-corrected chi connectivity index (χ4v) is 7.61. The third-order valence-electron chi connectivity index (χ3n) is 9.36. The van der Waals surface area contributed by atoms with Crippen LogP contribution in [0, 0.1) is 42.4 Å². The Balaban J connectivity index is 1.61. The van der Waals surface area contributed by atoms with Crippen molar-refractivity contribution < 1.29 is 23.9 Å². The lowest BCUT2D eigenvalue weighted by atomic mass is 9.75. The molecule has 0 spiro atoms. The molecule has 0 saturated heterocycles. The molecule has 4 unspecified atom stereocenters. The molecule has 9 nitrogen and oxygen atoms in total. The van der Waals surface area contributed by atoms with Gasteiger partial charge in [0.1, 0.15) is 35.0 Å². The zero-order chi connectivity index (χ0) is 31.0. The molecule has 230 valence electrons. The van der Waals surface area contributed by atoms with Crippen molar-refractivity contribution in [2.24, 2.45) is 40.5 Å². The van der Waals surface area contributed by atoms with Crippen molar-refractivity contribution in [3.8, 4) is 0 Å². The highest BCUT2D eigenvalue weighted by Crippen LogP contribution is 2.38. The lowest BCUT2D eigenvalue weighted by Crippen LogP contribution is -2.39. The summed E-state index contributed by atoms with van der Waals surface area (Å²) in [4.78, 5) is 46.6. The molecule has 1 aromatic heterocycles. The molecule has 1 aromatic rings. The summed E-state index contributed by atoms with van der Waals surface area (Å²) < 4.78 is 12.1. The Hall–Kier alpha value is -3.36. The topological polar surface area (TPSA) is 136 Å². The molecule has 1 aliphatic heterocycles. The second-order valence-electron chi connectivity index (χ2n) is 13.4. The molecule has 2 aliphatic carbocycles. The SMILES string of the molecule is CC(=O)NC1=NC(=Cc2[nH]c(N)c(C(=O)OC3C(C)CC(C)CC3C)c2C)C(C)=C1C(=O)OC1C(C)CC(C)CC1C. The highest BCUT2D eigenvalue weighted by atomic mass is 16.5. The van der Waals surface area contributed by atoms with E-state index in [9.17, 15) is 14.4 Å². The lowest BCUT2D eigenvalue weighted by Gasteiger charge is -2.37. The maximum Gasteiger partial charge on any atom is 0.342 e. The Morgan fingerprint density at radius 2 is 1.33 bits per heavy atom. The number of aromatic nitrogens is 1. The van der Waals surface area contributed by atoms with E-state index in [-0.39, 0.29) is 59.0 Å². The number of ether oxygens (including phenoxy) is 2. The van der Waals surface area contributed by atoms with Crippen LogP contribution in [0.4, 0.5) is 5.82 Å². The van der Waals surface area contributed by atoms with Gasteiger partial charge in [0.15, 0.2) is 0 Å². The number of nitrogens with two attached hydrogens (primary N) is 1. The van der Waals surface area contributed by atoms with Crippen LogP contribution in [0.25, 0.3) is 6.08 Å². The predicted molar refractivity (Wildman–Crippen MR) is 164 cm³/mol. The van der Waals surface area contributed by atoms with Crippen LogP contribution in [0.2, 0.25) is 0 Å². The first-order valence-electron chi connectivity index (χ1n) is 15.4. The van der Waals surface area contributed by atoms with E-state index >= 15 is 0 Å². The average molecular weight is 581 g/mol. The summed E-state index contributed by atoms with van der Waals surface area (Å²) in [5.41, 5.74) is 9.09. The molecule has 2 saturated carbocycles. The summed E-state index contributed by atoms with van der Waals surface area (Å²) >= 11 is 0. The van der Waals surface area contributed by atoms with Crippen molar-refractivity contribution in [2.45, 2.75) is 100 Å². The molecule has 3 aliphatic rings. The Bertz CT molecular complexity index is 1310. The van der Waals surface area contributed by atoms with Gasteiger partial charge < -0.3 is 25.5 Å². The predicted octanol–water partition coefficient (Wildman–Crippen LogP) is 5.95. The molecule has 0 radical (unpaired) electrons. The van der Waals surface area contributed by atoms with Crippen LogP contribution < -0.4 is 11.1 Å². The summed E-state index contributed by atoms with van der Waals surface area (Å²) in [6.07, 6.45) is 5.38. The maximum absolute atomic E-state index is 13.5. The van der Waals surface area contributed by atoms with E-state index in [2.05, 4.69) is 56.8 Å². The maximum atomic E-state index is 13.5. The number of esters is 2. The van der Waals surface area contributed by atoms with Crippen molar-refractivity contribution in [3.05, 3.63) is 33.7 Å². The minimum atomic E-state index is -0.501. The third-order valence-corrected chi connectivity index (χ3v) is 9.36. The normalized spacial score (nSPS) is 32.5. The Morgan fingerprint density at radius 3 is 1.81 bits per heavy atom. The van der Waals surface area contributed by atoms with Gasteiger partial charge in [-0.15, -0.1) is 0 Å². The molecule has 0 aromatic carbocycles. The number of amides is 1. The molecule has 4 atom stereocenters. The monoisotopic (exact) mass is 580 g/mol. The van der Waals surface area contributed by atoms with Gasteiger partial charge in [-0.05, 0) is 92.3 Å². The van der Waals surface area contributed by atoms with Crippen LogP contribution in [0.3, 0.4) is 0 Å². The molecular weight excluding hydrogens is 532 g/mol. The largest absolute Gasteiger partial charge is 0.458 e. The van der Waals surface area contributed by atoms with E-state index in [1.54, 1.807) is 19.9 Å². The highest BCUT2D eigenvalue weighted by molar-refractivity contribution is 6.25. The molecule has 4 N–H and O–H groups in total. The quantitative estimate of drug-likeness (QED) is 0.368. The molecule has 2 heterocycles. The summed E-state index contributed by atoms with van der Waals surface area (Å²) in [5, 5.41) is 2.69. The Kier molecular flexibility index (Phi) is 9.38. The molecule has 1 amide bonds. The number of nitrogens with one attached hydrogen (secondary N) is 2. The van der Waals surface area contributed by atoms with E-state index in [1.165, 1.54) is 6.92 Å². The van der Waals surface area contributed by atoms with Crippen LogP contribution in [-0.2, 0) is 19.1 Å². The molecule has 0 bridgehead atoms. The van der Waals surface area contributed by atoms with Crippen LogP contribution in [-0.4, -0.2) is 40.9 Å². The second kappa shape index (κ2) is 12.5. The zero-order valence-electron chi connectivity index (χ0n) is 26.6. The van der Waals surface area contributed by atoms with Gasteiger partial charge in [-0.2, -0.15) is 0 Å².